The van der Waals surface area contributed by atoms with Crippen molar-refractivity contribution in [2.45, 2.75) is 19.4 Å². The summed E-state index contributed by atoms with van der Waals surface area (Å²) < 4.78 is 0. The number of nitrogens with zero attached hydrogens (tertiary/aromatic N) is 2. The lowest BCUT2D eigenvalue weighted by atomic mass is 9.85. The van der Waals surface area contributed by atoms with Crippen molar-refractivity contribution >= 4 is 28.3 Å². The molecule has 1 aromatic rings. The second-order valence-electron chi connectivity index (χ2n) is 6.30. The van der Waals surface area contributed by atoms with E-state index in [1.54, 1.807) is 0 Å². The Morgan fingerprint density at radius 2 is 1.90 bits per heavy atom. The van der Waals surface area contributed by atoms with Crippen molar-refractivity contribution in [3.8, 4) is 0 Å². The number of imide groups is 1. The molecule has 4 aliphatic rings. The van der Waals surface area contributed by atoms with Crippen LogP contribution in [-0.4, -0.2) is 23.3 Å². The molecule has 2 fully saturated rings. The Morgan fingerprint density at radius 1 is 1.19 bits per heavy atom. The van der Waals surface area contributed by atoms with Crippen molar-refractivity contribution in [1.29, 1.82) is 0 Å². The molecule has 0 aromatic carbocycles. The third kappa shape index (κ3) is 1.47. The van der Waals surface area contributed by atoms with E-state index in [2.05, 4.69) is 22.5 Å². The van der Waals surface area contributed by atoms with Gasteiger partial charge in [-0.3, -0.25) is 9.59 Å². The van der Waals surface area contributed by atoms with E-state index in [0.29, 0.717) is 5.13 Å². The van der Waals surface area contributed by atoms with Gasteiger partial charge >= 0.3 is 0 Å². The van der Waals surface area contributed by atoms with Crippen LogP contribution >= 0.6 is 11.3 Å². The number of hydrogen-bond donors (Lipinski definition) is 1. The number of carbonyl (C=O) groups excluding carboxylic acids is 2. The summed E-state index contributed by atoms with van der Waals surface area (Å²) >= 11 is 1.49. The number of thiazole rings is 1. The van der Waals surface area contributed by atoms with Crippen LogP contribution in [0.15, 0.2) is 12.2 Å². The van der Waals surface area contributed by atoms with Crippen LogP contribution in [0, 0.1) is 23.7 Å². The smallest absolute Gasteiger partial charge is 0.240 e. The van der Waals surface area contributed by atoms with Gasteiger partial charge in [-0.15, -0.1) is 0 Å². The third-order valence-electron chi connectivity index (χ3n) is 5.25. The van der Waals surface area contributed by atoms with Gasteiger partial charge in [-0.2, -0.15) is 0 Å². The van der Waals surface area contributed by atoms with Crippen molar-refractivity contribution in [1.82, 2.24) is 10.3 Å². The lowest BCUT2D eigenvalue weighted by Crippen LogP contribution is -2.32. The van der Waals surface area contributed by atoms with E-state index in [4.69, 9.17) is 0 Å². The van der Waals surface area contributed by atoms with Crippen LogP contribution in [-0.2, 0) is 22.6 Å². The first kappa shape index (κ1) is 12.1. The van der Waals surface area contributed by atoms with E-state index in [1.165, 1.54) is 16.2 Å². The molecule has 108 valence electrons. The Morgan fingerprint density at radius 3 is 2.57 bits per heavy atom. The van der Waals surface area contributed by atoms with Gasteiger partial charge < -0.3 is 5.32 Å². The molecule has 5 rings (SSSR count). The Bertz CT molecular complexity index is 642. The predicted molar refractivity (Wildman–Crippen MR) is 77.7 cm³/mol. The minimum Gasteiger partial charge on any atom is -0.311 e. The highest BCUT2D eigenvalue weighted by Crippen LogP contribution is 2.53. The Labute approximate surface area is 126 Å². The van der Waals surface area contributed by atoms with Crippen molar-refractivity contribution in [2.24, 2.45) is 23.7 Å². The lowest BCUT2D eigenvalue weighted by molar-refractivity contribution is -0.123. The van der Waals surface area contributed by atoms with E-state index in [9.17, 15) is 9.59 Å². The average Bonchev–Trinajstić information content (AvgIpc) is 3.21. The molecule has 4 unspecified atom stereocenters. The van der Waals surface area contributed by atoms with Gasteiger partial charge in [0.05, 0.1) is 17.5 Å². The van der Waals surface area contributed by atoms with Crippen LogP contribution in [0.3, 0.4) is 0 Å². The van der Waals surface area contributed by atoms with Gasteiger partial charge in [0.15, 0.2) is 5.13 Å². The highest BCUT2D eigenvalue weighted by Gasteiger charge is 2.60. The molecular weight excluding hydrogens is 286 g/mol. The van der Waals surface area contributed by atoms with Gasteiger partial charge in [0.2, 0.25) is 11.8 Å². The maximum Gasteiger partial charge on any atom is 0.240 e. The quantitative estimate of drug-likeness (QED) is 0.623. The summed E-state index contributed by atoms with van der Waals surface area (Å²) in [6, 6.07) is 0. The molecule has 1 aromatic heterocycles. The first-order valence-corrected chi connectivity index (χ1v) is 8.31. The summed E-state index contributed by atoms with van der Waals surface area (Å²) in [6.45, 7) is 1.71. The number of nitrogens with one attached hydrogen (secondary N) is 1. The molecule has 3 heterocycles. The zero-order chi connectivity index (χ0) is 14.1. The zero-order valence-corrected chi connectivity index (χ0v) is 12.2. The molecule has 21 heavy (non-hydrogen) atoms. The van der Waals surface area contributed by atoms with E-state index in [0.717, 1.165) is 36.5 Å². The Balaban J connectivity index is 1.54. The molecule has 2 aliphatic heterocycles. The van der Waals surface area contributed by atoms with Gasteiger partial charge in [0.25, 0.3) is 0 Å². The zero-order valence-electron chi connectivity index (χ0n) is 11.4. The molecule has 2 aliphatic carbocycles. The summed E-state index contributed by atoms with van der Waals surface area (Å²) in [5.41, 5.74) is 1.05. The van der Waals surface area contributed by atoms with Crippen LogP contribution in [0.2, 0.25) is 0 Å². The first-order valence-electron chi connectivity index (χ1n) is 7.49. The van der Waals surface area contributed by atoms with Gasteiger partial charge in [-0.05, 0) is 18.3 Å². The number of carbonyl (C=O) groups is 2. The van der Waals surface area contributed by atoms with Gasteiger partial charge in [0.1, 0.15) is 0 Å². The van der Waals surface area contributed by atoms with Gasteiger partial charge in [-0.1, -0.05) is 23.5 Å². The second-order valence-corrected chi connectivity index (χ2v) is 7.37. The Hall–Kier alpha value is -1.53. The number of amides is 2. The summed E-state index contributed by atoms with van der Waals surface area (Å²) in [7, 11) is 0. The van der Waals surface area contributed by atoms with Crippen molar-refractivity contribution < 1.29 is 9.59 Å². The normalized spacial score (nSPS) is 36.5. The molecule has 2 amide bonds. The number of rotatable bonds is 1. The molecule has 5 nitrogen and oxygen atoms in total. The monoisotopic (exact) mass is 301 g/mol. The minimum absolute atomic E-state index is 0.0269. The maximum atomic E-state index is 12.7. The molecule has 4 atom stereocenters. The number of allylic oxidation sites excluding steroid dienone is 2. The number of aromatic nitrogens is 1. The average molecular weight is 301 g/mol. The topological polar surface area (TPSA) is 62.3 Å². The van der Waals surface area contributed by atoms with Crippen LogP contribution in [0.1, 0.15) is 17.0 Å². The summed E-state index contributed by atoms with van der Waals surface area (Å²) in [5, 5.41) is 3.89. The summed E-state index contributed by atoms with van der Waals surface area (Å²) in [5.74, 6) is 0.204. The van der Waals surface area contributed by atoms with Gasteiger partial charge in [0, 0.05) is 24.4 Å². The highest BCUT2D eigenvalue weighted by molar-refractivity contribution is 7.16. The fourth-order valence-corrected chi connectivity index (χ4v) is 5.39. The predicted octanol–water partition coefficient (Wildman–Crippen LogP) is 1.10. The van der Waals surface area contributed by atoms with Crippen molar-refractivity contribution in [2.75, 3.05) is 11.4 Å². The molecular formula is C15H15N3O2S. The van der Waals surface area contributed by atoms with Crippen LogP contribution in [0.5, 0.6) is 0 Å². The maximum absolute atomic E-state index is 12.7. The molecule has 1 N–H and O–H groups in total. The molecule has 2 bridgehead atoms. The Kier molecular flexibility index (Phi) is 2.31. The van der Waals surface area contributed by atoms with Crippen LogP contribution in [0.25, 0.3) is 0 Å². The van der Waals surface area contributed by atoms with Crippen LogP contribution in [0.4, 0.5) is 5.13 Å². The standard InChI is InChI=1S/C15H15N3O2S/c19-13-11-7-1-2-8(5-7)12(11)14(20)18(13)15-17-9-3-4-16-6-10(9)21-15/h1-2,7-8,11-12,16H,3-6H2. The van der Waals surface area contributed by atoms with E-state index >= 15 is 0 Å². The van der Waals surface area contributed by atoms with Gasteiger partial charge in [-0.25, -0.2) is 9.88 Å². The van der Waals surface area contributed by atoms with Crippen LogP contribution < -0.4 is 10.2 Å². The molecule has 0 spiro atoms. The molecule has 1 saturated carbocycles. The van der Waals surface area contributed by atoms with E-state index < -0.39 is 0 Å². The lowest BCUT2D eigenvalue weighted by Gasteiger charge is -2.14. The first-order chi connectivity index (χ1) is 10.2. The molecule has 1 saturated heterocycles. The SMILES string of the molecule is O=C1C2C3C=CC(C3)C2C(=O)N1c1nc2c(s1)CNCC2. The fraction of sp³-hybridized carbons (Fsp3) is 0.533. The van der Waals surface area contributed by atoms with Crippen molar-refractivity contribution in [3.63, 3.8) is 0 Å². The highest BCUT2D eigenvalue weighted by atomic mass is 32.1. The van der Waals surface area contributed by atoms with E-state index in [-0.39, 0.29) is 35.5 Å². The molecule has 6 heteroatoms. The van der Waals surface area contributed by atoms with E-state index in [1.807, 2.05) is 0 Å². The number of fused-ring (bicyclic) bond motifs is 6. The number of anilines is 1. The third-order valence-corrected chi connectivity index (χ3v) is 6.34. The summed E-state index contributed by atoms with van der Waals surface area (Å²) in [4.78, 5) is 32.6. The van der Waals surface area contributed by atoms with Crippen molar-refractivity contribution in [3.05, 3.63) is 22.7 Å². The second kappa shape index (κ2) is 4.01. The fourth-order valence-electron chi connectivity index (χ4n) is 4.30. The molecule has 0 radical (unpaired) electrons. The largest absolute Gasteiger partial charge is 0.311 e. The number of hydrogen-bond acceptors (Lipinski definition) is 5. The summed E-state index contributed by atoms with van der Waals surface area (Å²) in [6.07, 6.45) is 6.09. The minimum atomic E-state index is -0.133.